The van der Waals surface area contributed by atoms with E-state index in [9.17, 15) is 0 Å². The van der Waals surface area contributed by atoms with Gasteiger partial charge in [0.05, 0.1) is 19.0 Å². The molecular weight excluding hydrogens is 264 g/mol. The van der Waals surface area contributed by atoms with E-state index in [4.69, 9.17) is 21.0 Å². The third-order valence-corrected chi connectivity index (χ3v) is 1.49. The van der Waals surface area contributed by atoms with E-state index in [1.54, 1.807) is 27.7 Å². The van der Waals surface area contributed by atoms with Gasteiger partial charge in [0.15, 0.2) is 0 Å². The Kier molecular flexibility index (Phi) is 31.8. The van der Waals surface area contributed by atoms with Gasteiger partial charge in [-0.1, -0.05) is 27.7 Å². The van der Waals surface area contributed by atoms with Gasteiger partial charge in [0.2, 0.25) is 0 Å². The van der Waals surface area contributed by atoms with Crippen molar-refractivity contribution in [3.05, 3.63) is 0 Å². The standard InChI is InChI=1S/C6H12N2O.2C3H7N.2C2H6/c1-6(7)8-2-4-9-5-3-8;2*1-3(2)4;2*1-2/h7H,2-5H2,1H3;2*4H,1-2H3;2*1-2H3. The van der Waals surface area contributed by atoms with Crippen LogP contribution in [0.3, 0.4) is 0 Å². The third-order valence-electron chi connectivity index (χ3n) is 1.49. The van der Waals surface area contributed by atoms with E-state index in [0.717, 1.165) is 26.3 Å². The van der Waals surface area contributed by atoms with E-state index in [2.05, 4.69) is 0 Å². The van der Waals surface area contributed by atoms with Crippen LogP contribution in [0.1, 0.15) is 62.3 Å². The van der Waals surface area contributed by atoms with Crippen molar-refractivity contribution >= 4 is 17.3 Å². The monoisotopic (exact) mass is 302 g/mol. The molecule has 0 amide bonds. The van der Waals surface area contributed by atoms with E-state index in [-0.39, 0.29) is 0 Å². The fourth-order valence-corrected chi connectivity index (χ4v) is 0.899. The molecule has 0 radical (unpaired) electrons. The molecule has 1 rings (SSSR count). The van der Waals surface area contributed by atoms with Crippen LogP contribution in [0.4, 0.5) is 0 Å². The summed E-state index contributed by atoms with van der Waals surface area (Å²) in [6.45, 7) is 20.1. The molecule has 128 valence electrons. The average Bonchev–Trinajstić information content (AvgIpc) is 2.43. The van der Waals surface area contributed by atoms with Crippen molar-refractivity contribution in [3.8, 4) is 0 Å². The van der Waals surface area contributed by atoms with Gasteiger partial charge in [-0.15, -0.1) is 0 Å². The molecule has 21 heavy (non-hydrogen) atoms. The number of nitrogens with one attached hydrogen (secondary N) is 3. The summed E-state index contributed by atoms with van der Waals surface area (Å²) >= 11 is 0. The summed E-state index contributed by atoms with van der Waals surface area (Å²) in [5.74, 6) is 0.651. The predicted molar refractivity (Wildman–Crippen MR) is 96.6 cm³/mol. The molecule has 0 unspecified atom stereocenters. The Morgan fingerprint density at radius 1 is 0.714 bits per heavy atom. The first-order valence-electron chi connectivity index (χ1n) is 7.68. The molecule has 3 N–H and O–H groups in total. The molecule has 0 bridgehead atoms. The second kappa shape index (κ2) is 23.8. The van der Waals surface area contributed by atoms with Gasteiger partial charge in [-0.05, 0) is 34.6 Å². The highest BCUT2D eigenvalue weighted by Crippen LogP contribution is 1.95. The third kappa shape index (κ3) is 45.5. The number of amidine groups is 1. The predicted octanol–water partition coefficient (Wildman–Crippen LogP) is 4.46. The van der Waals surface area contributed by atoms with E-state index in [1.165, 1.54) is 0 Å². The van der Waals surface area contributed by atoms with E-state index >= 15 is 0 Å². The second-order valence-electron chi connectivity index (χ2n) is 4.18. The van der Waals surface area contributed by atoms with Gasteiger partial charge >= 0.3 is 0 Å². The van der Waals surface area contributed by atoms with Crippen LogP contribution in [0, 0.1) is 16.2 Å². The van der Waals surface area contributed by atoms with Gasteiger partial charge < -0.3 is 20.5 Å². The number of hydrogen-bond acceptors (Lipinski definition) is 4. The zero-order chi connectivity index (χ0) is 17.8. The molecule has 0 saturated carbocycles. The largest absolute Gasteiger partial charge is 0.378 e. The lowest BCUT2D eigenvalue weighted by Gasteiger charge is -2.27. The first-order valence-corrected chi connectivity index (χ1v) is 7.68. The van der Waals surface area contributed by atoms with Crippen LogP contribution >= 0.6 is 0 Å². The van der Waals surface area contributed by atoms with Gasteiger partial charge in [0.25, 0.3) is 0 Å². The highest BCUT2D eigenvalue weighted by Gasteiger charge is 2.08. The zero-order valence-electron chi connectivity index (χ0n) is 15.7. The van der Waals surface area contributed by atoms with Crippen molar-refractivity contribution < 1.29 is 4.74 Å². The summed E-state index contributed by atoms with van der Waals surface area (Å²) < 4.78 is 5.11. The molecule has 5 heteroatoms. The molecular formula is C16H38N4O. The van der Waals surface area contributed by atoms with Crippen molar-refractivity contribution in [1.82, 2.24) is 4.90 Å². The minimum absolute atomic E-state index is 0.651. The van der Waals surface area contributed by atoms with Crippen LogP contribution in [0.25, 0.3) is 0 Å². The van der Waals surface area contributed by atoms with E-state index < -0.39 is 0 Å². The van der Waals surface area contributed by atoms with E-state index in [1.807, 2.05) is 39.5 Å². The summed E-state index contributed by atoms with van der Waals surface area (Å²) in [5.41, 5.74) is 1.33. The van der Waals surface area contributed by atoms with Crippen LogP contribution in [-0.4, -0.2) is 48.5 Å². The molecule has 0 aliphatic carbocycles. The van der Waals surface area contributed by atoms with Gasteiger partial charge in [-0.2, -0.15) is 0 Å². The number of ether oxygens (including phenoxy) is 1. The van der Waals surface area contributed by atoms with Crippen molar-refractivity contribution in [2.45, 2.75) is 62.3 Å². The quantitative estimate of drug-likeness (QED) is 0.456. The SMILES string of the molecule is CC.CC.CC(=N)N1CCOCC1.CC(C)=N.CC(C)=N. The lowest BCUT2D eigenvalue weighted by molar-refractivity contribution is 0.0675. The maximum atomic E-state index is 7.26. The Hall–Kier alpha value is -1.23. The molecule has 0 atom stereocenters. The van der Waals surface area contributed by atoms with E-state index in [0.29, 0.717) is 17.3 Å². The fraction of sp³-hybridized carbons (Fsp3) is 0.812. The molecule has 1 heterocycles. The average molecular weight is 303 g/mol. The van der Waals surface area contributed by atoms with Crippen molar-refractivity contribution in [2.24, 2.45) is 0 Å². The van der Waals surface area contributed by atoms with Crippen LogP contribution in [0.2, 0.25) is 0 Å². The van der Waals surface area contributed by atoms with Gasteiger partial charge in [0, 0.05) is 24.5 Å². The first kappa shape index (κ1) is 28.0. The molecule has 5 nitrogen and oxygen atoms in total. The smallest absolute Gasteiger partial charge is 0.0927 e. The highest BCUT2D eigenvalue weighted by atomic mass is 16.5. The molecule has 1 aliphatic heterocycles. The molecule has 1 aliphatic rings. The number of morpholine rings is 1. The van der Waals surface area contributed by atoms with Gasteiger partial charge in [-0.25, -0.2) is 0 Å². The molecule has 0 spiro atoms. The number of rotatable bonds is 0. The Bertz CT molecular complexity index is 227. The molecule has 0 aromatic heterocycles. The van der Waals surface area contributed by atoms with Crippen LogP contribution in [0.5, 0.6) is 0 Å². The van der Waals surface area contributed by atoms with Crippen molar-refractivity contribution in [2.75, 3.05) is 26.3 Å². The van der Waals surface area contributed by atoms with Crippen LogP contribution < -0.4 is 0 Å². The topological polar surface area (TPSA) is 84.0 Å². The summed E-state index contributed by atoms with van der Waals surface area (Å²) in [6.07, 6.45) is 0. The number of hydrogen-bond donors (Lipinski definition) is 3. The maximum absolute atomic E-state index is 7.26. The van der Waals surface area contributed by atoms with Gasteiger partial charge in [0.1, 0.15) is 0 Å². The maximum Gasteiger partial charge on any atom is 0.0927 e. The summed E-state index contributed by atoms with van der Waals surface area (Å²) in [4.78, 5) is 2.02. The lowest BCUT2D eigenvalue weighted by atomic mass is 10.4. The van der Waals surface area contributed by atoms with Crippen molar-refractivity contribution in [3.63, 3.8) is 0 Å². The van der Waals surface area contributed by atoms with Crippen LogP contribution in [0.15, 0.2) is 0 Å². The Morgan fingerprint density at radius 2 is 0.952 bits per heavy atom. The fourth-order valence-electron chi connectivity index (χ4n) is 0.899. The van der Waals surface area contributed by atoms with Crippen LogP contribution in [-0.2, 0) is 4.74 Å². The van der Waals surface area contributed by atoms with Crippen molar-refractivity contribution in [1.29, 1.82) is 16.2 Å². The normalized spacial score (nSPS) is 11.6. The molecule has 0 aromatic rings. The Labute approximate surface area is 132 Å². The highest BCUT2D eigenvalue weighted by molar-refractivity contribution is 5.76. The molecule has 0 aromatic carbocycles. The number of nitrogens with zero attached hydrogens (tertiary/aromatic N) is 1. The van der Waals surface area contributed by atoms with Gasteiger partial charge in [-0.3, -0.25) is 5.41 Å². The minimum Gasteiger partial charge on any atom is -0.378 e. The summed E-state index contributed by atoms with van der Waals surface area (Å²) in [7, 11) is 0. The molecule has 1 saturated heterocycles. The lowest BCUT2D eigenvalue weighted by Crippen LogP contribution is -2.38. The minimum atomic E-state index is 0.651. The summed E-state index contributed by atoms with van der Waals surface area (Å²) in [6, 6.07) is 0. The Morgan fingerprint density at radius 3 is 1.10 bits per heavy atom. The second-order valence-corrected chi connectivity index (χ2v) is 4.18. The Balaban J connectivity index is -0.000000103. The zero-order valence-corrected chi connectivity index (χ0v) is 15.7. The molecule has 1 fully saturated rings. The first-order chi connectivity index (χ1) is 9.77. The summed E-state index contributed by atoms with van der Waals surface area (Å²) in [5, 5.41) is 20.3.